The molecule has 0 saturated carbocycles. The molecule has 0 aliphatic carbocycles. The second-order valence-corrected chi connectivity index (χ2v) is 13.4. The van der Waals surface area contributed by atoms with Crippen molar-refractivity contribution in [3.63, 3.8) is 0 Å². The average molecular weight is 602 g/mol. The summed E-state index contributed by atoms with van der Waals surface area (Å²) in [6, 6.07) is 11.2. The van der Waals surface area contributed by atoms with Gasteiger partial charge in [-0.25, -0.2) is 8.42 Å². The van der Waals surface area contributed by atoms with Crippen molar-refractivity contribution in [3.05, 3.63) is 53.6 Å². The Morgan fingerprint density at radius 3 is 2.10 bits per heavy atom. The van der Waals surface area contributed by atoms with Gasteiger partial charge >= 0.3 is 0 Å². The maximum Gasteiger partial charge on any atom is 0.297 e. The zero-order valence-corrected chi connectivity index (χ0v) is 24.2. The van der Waals surface area contributed by atoms with Crippen LogP contribution in [-0.2, 0) is 33.9 Å². The van der Waals surface area contributed by atoms with Crippen molar-refractivity contribution >= 4 is 43.6 Å². The van der Waals surface area contributed by atoms with Gasteiger partial charge in [0.25, 0.3) is 16.0 Å². The number of rotatable bonds is 11. The first kappa shape index (κ1) is 30.8. The molecule has 0 unspecified atom stereocenters. The summed E-state index contributed by atoms with van der Waals surface area (Å²) < 4.78 is 62.9. The molecule has 2 aromatic carbocycles. The fraction of sp³-hybridized carbons (Fsp3) is 0.440. The number of amides is 2. The lowest BCUT2D eigenvalue weighted by Crippen LogP contribution is -2.53. The van der Waals surface area contributed by atoms with E-state index < -0.39 is 25.7 Å². The highest BCUT2D eigenvalue weighted by Gasteiger charge is 2.35. The Bertz CT molecular complexity index is 1370. The molecular weight excluding hydrogens is 570 g/mol. The molecular formula is C25H32ClN3O8S2. The van der Waals surface area contributed by atoms with E-state index in [0.29, 0.717) is 23.6 Å². The molecule has 1 heterocycles. The van der Waals surface area contributed by atoms with Crippen molar-refractivity contribution in [3.8, 4) is 5.75 Å². The van der Waals surface area contributed by atoms with Crippen LogP contribution in [0, 0.1) is 0 Å². The third-order valence-corrected chi connectivity index (χ3v) is 9.48. The first-order valence-corrected chi connectivity index (χ1v) is 15.4. The molecule has 11 nitrogen and oxygen atoms in total. The molecule has 2 amide bonds. The minimum Gasteiger partial charge on any atom is -0.478 e. The van der Waals surface area contributed by atoms with Gasteiger partial charge in [-0.05, 0) is 75.2 Å². The number of hydrogen-bond donors (Lipinski definition) is 2. The molecule has 0 bridgehead atoms. The van der Waals surface area contributed by atoms with Crippen LogP contribution in [-0.4, -0.2) is 70.8 Å². The summed E-state index contributed by atoms with van der Waals surface area (Å²) in [5.74, 6) is -0.144. The number of carbonyl (C=O) groups excluding carboxylic acids is 2. The summed E-state index contributed by atoms with van der Waals surface area (Å²) >= 11 is 5.89. The number of hydrogen-bond acceptors (Lipinski definition) is 8. The van der Waals surface area contributed by atoms with Crippen LogP contribution in [0.3, 0.4) is 0 Å². The van der Waals surface area contributed by atoms with Gasteiger partial charge in [0.1, 0.15) is 5.75 Å². The third kappa shape index (κ3) is 8.39. The molecule has 39 heavy (non-hydrogen) atoms. The molecule has 2 N–H and O–H groups in total. The van der Waals surface area contributed by atoms with Crippen molar-refractivity contribution in [2.24, 2.45) is 0 Å². The van der Waals surface area contributed by atoms with Crippen LogP contribution in [0.25, 0.3) is 0 Å². The molecule has 3 rings (SSSR count). The molecule has 1 fully saturated rings. The van der Waals surface area contributed by atoms with E-state index >= 15 is 0 Å². The molecule has 0 atom stereocenters. The maximum absolute atomic E-state index is 13.1. The predicted molar refractivity (Wildman–Crippen MR) is 144 cm³/mol. The lowest BCUT2D eigenvalue weighted by molar-refractivity contribution is -0.135. The van der Waals surface area contributed by atoms with E-state index in [0.717, 1.165) is 12.1 Å². The Morgan fingerprint density at radius 2 is 1.54 bits per heavy atom. The van der Waals surface area contributed by atoms with E-state index in [4.69, 9.17) is 20.5 Å². The Morgan fingerprint density at radius 1 is 0.974 bits per heavy atom. The van der Waals surface area contributed by atoms with Crippen molar-refractivity contribution in [2.45, 2.75) is 55.0 Å². The molecule has 1 saturated heterocycles. The van der Waals surface area contributed by atoms with Crippen molar-refractivity contribution in [1.82, 2.24) is 14.9 Å². The average Bonchev–Trinajstić information content (AvgIpc) is 2.88. The van der Waals surface area contributed by atoms with Gasteiger partial charge in [0.05, 0.1) is 16.4 Å². The molecule has 0 aromatic heterocycles. The summed E-state index contributed by atoms with van der Waals surface area (Å²) in [7, 11) is -7.99. The molecule has 0 spiro atoms. The highest BCUT2D eigenvalue weighted by molar-refractivity contribution is 7.89. The Kier molecular flexibility index (Phi) is 9.99. The Labute approximate surface area is 234 Å². The molecule has 0 radical (unpaired) electrons. The van der Waals surface area contributed by atoms with Crippen LogP contribution < -0.4 is 15.4 Å². The van der Waals surface area contributed by atoms with Crippen molar-refractivity contribution in [1.29, 1.82) is 0 Å². The van der Waals surface area contributed by atoms with Crippen LogP contribution in [0.5, 0.6) is 5.75 Å². The minimum absolute atomic E-state index is 0.0182. The third-order valence-electron chi connectivity index (χ3n) is 5.99. The number of ether oxygens (including phenoxy) is 1. The number of nitrogens with one attached hydrogen (secondary N) is 2. The molecule has 1 aliphatic heterocycles. The zero-order chi connectivity index (χ0) is 28.8. The van der Waals surface area contributed by atoms with Crippen LogP contribution >= 0.6 is 11.6 Å². The number of carbonyl (C=O) groups is 2. The lowest BCUT2D eigenvalue weighted by atomic mass is 10.0. The molecule has 214 valence electrons. The van der Waals surface area contributed by atoms with Gasteiger partial charge in [0, 0.05) is 37.6 Å². The summed E-state index contributed by atoms with van der Waals surface area (Å²) in [5, 5.41) is 5.91. The number of sulfonamides is 1. The molecule has 2 aromatic rings. The minimum atomic E-state index is -4.11. The Hall–Kier alpha value is -2.71. The maximum atomic E-state index is 13.1. The second-order valence-electron chi connectivity index (χ2n) is 9.45. The van der Waals surface area contributed by atoms with Gasteiger partial charge in [0.2, 0.25) is 15.9 Å². The zero-order valence-electron chi connectivity index (χ0n) is 21.8. The first-order chi connectivity index (χ1) is 18.2. The highest BCUT2D eigenvalue weighted by Crippen LogP contribution is 2.24. The fourth-order valence-corrected chi connectivity index (χ4v) is 6.32. The van der Waals surface area contributed by atoms with E-state index in [1.54, 1.807) is 38.1 Å². The summed E-state index contributed by atoms with van der Waals surface area (Å²) in [5.41, 5.74) is -1.16. The van der Waals surface area contributed by atoms with E-state index in [2.05, 4.69) is 10.6 Å². The summed E-state index contributed by atoms with van der Waals surface area (Å²) in [6.07, 6.45) is 0.799. The van der Waals surface area contributed by atoms with E-state index in [1.807, 2.05) is 0 Å². The first-order valence-electron chi connectivity index (χ1n) is 12.2. The predicted octanol–water partition coefficient (Wildman–Crippen LogP) is 2.31. The number of benzene rings is 2. The topological polar surface area (TPSA) is 148 Å². The van der Waals surface area contributed by atoms with E-state index in [-0.39, 0.29) is 53.9 Å². The smallest absolute Gasteiger partial charge is 0.297 e. The van der Waals surface area contributed by atoms with Crippen LogP contribution in [0.4, 0.5) is 0 Å². The van der Waals surface area contributed by atoms with E-state index in [9.17, 15) is 26.4 Å². The quantitative estimate of drug-likeness (QED) is 0.294. The standard InChI is InChI=1S/C25H32ClN3O8S2/c1-18(30)27-14-17-36-39(34,35)23-10-8-22(9-11-23)38(32,33)29-15-12-20(13-16-29)28-24(31)25(2,3)37-21-6-4-19(26)5-7-21/h4-11,20H,12-17H2,1-3H3,(H,27,30)(H,28,31). The number of halogens is 1. The van der Waals surface area contributed by atoms with Crippen LogP contribution in [0.2, 0.25) is 5.02 Å². The van der Waals surface area contributed by atoms with Crippen molar-refractivity contribution in [2.75, 3.05) is 26.2 Å². The van der Waals surface area contributed by atoms with Gasteiger partial charge in [-0.3, -0.25) is 13.8 Å². The van der Waals surface area contributed by atoms with Crippen LogP contribution in [0.15, 0.2) is 58.3 Å². The monoisotopic (exact) mass is 601 g/mol. The second kappa shape index (κ2) is 12.6. The lowest BCUT2D eigenvalue weighted by Gasteiger charge is -2.34. The van der Waals surface area contributed by atoms with Gasteiger partial charge in [-0.2, -0.15) is 12.7 Å². The summed E-state index contributed by atoms with van der Waals surface area (Å²) in [4.78, 5) is 23.5. The van der Waals surface area contributed by atoms with Gasteiger partial charge in [-0.1, -0.05) is 11.6 Å². The van der Waals surface area contributed by atoms with Gasteiger partial charge in [-0.15, -0.1) is 0 Å². The number of piperidine rings is 1. The highest BCUT2D eigenvalue weighted by atomic mass is 35.5. The van der Waals surface area contributed by atoms with Gasteiger partial charge in [0.15, 0.2) is 5.60 Å². The largest absolute Gasteiger partial charge is 0.478 e. The number of nitrogens with zero attached hydrogens (tertiary/aromatic N) is 1. The molecule has 1 aliphatic rings. The molecule has 14 heteroatoms. The van der Waals surface area contributed by atoms with Gasteiger partial charge < -0.3 is 15.4 Å². The van der Waals surface area contributed by atoms with E-state index in [1.165, 1.54) is 23.4 Å². The SMILES string of the molecule is CC(=O)NCCOS(=O)(=O)c1ccc(S(=O)(=O)N2CCC(NC(=O)C(C)(C)Oc3ccc(Cl)cc3)CC2)cc1. The normalized spacial score (nSPS) is 15.5. The van der Waals surface area contributed by atoms with Crippen LogP contribution in [0.1, 0.15) is 33.6 Å². The fourth-order valence-electron chi connectivity index (χ4n) is 3.82. The Balaban J connectivity index is 1.54. The summed E-state index contributed by atoms with van der Waals surface area (Å²) in [6.45, 7) is 4.72. The van der Waals surface area contributed by atoms with Crippen molar-refractivity contribution < 1.29 is 35.3 Å².